The first-order valence-corrected chi connectivity index (χ1v) is 7.78. The third-order valence-electron chi connectivity index (χ3n) is 3.54. The molecule has 2 aromatic carbocycles. The van der Waals surface area contributed by atoms with Crippen molar-refractivity contribution in [3.05, 3.63) is 59.2 Å². The SMILES string of the molecule is COc1ccc(/C(=C/c2ccccc2OC(C)C)C(=O)O)c(C)c1. The molecule has 4 nitrogen and oxygen atoms in total. The lowest BCUT2D eigenvalue weighted by Gasteiger charge is -2.14. The number of methoxy groups -OCH3 is 1. The smallest absolute Gasteiger partial charge is 0.336 e. The third kappa shape index (κ3) is 4.16. The maximum absolute atomic E-state index is 11.8. The number of para-hydroxylation sites is 1. The van der Waals surface area contributed by atoms with Gasteiger partial charge >= 0.3 is 5.97 Å². The van der Waals surface area contributed by atoms with Crippen molar-refractivity contribution >= 4 is 17.6 Å². The molecule has 24 heavy (non-hydrogen) atoms. The summed E-state index contributed by atoms with van der Waals surface area (Å²) < 4.78 is 11.0. The van der Waals surface area contributed by atoms with Crippen LogP contribution in [0.15, 0.2) is 42.5 Å². The number of aryl methyl sites for hydroxylation is 1. The van der Waals surface area contributed by atoms with Gasteiger partial charge in [0.1, 0.15) is 11.5 Å². The summed E-state index contributed by atoms with van der Waals surface area (Å²) in [4.78, 5) is 11.8. The van der Waals surface area contributed by atoms with E-state index < -0.39 is 5.97 Å². The molecule has 0 heterocycles. The lowest BCUT2D eigenvalue weighted by Crippen LogP contribution is -2.07. The van der Waals surface area contributed by atoms with Gasteiger partial charge in [0.2, 0.25) is 0 Å². The fourth-order valence-electron chi connectivity index (χ4n) is 2.44. The molecule has 0 fully saturated rings. The minimum Gasteiger partial charge on any atom is -0.497 e. The number of hydrogen-bond acceptors (Lipinski definition) is 3. The molecule has 0 bridgehead atoms. The predicted octanol–water partition coefficient (Wildman–Crippen LogP) is 4.42. The first-order chi connectivity index (χ1) is 11.4. The highest BCUT2D eigenvalue weighted by molar-refractivity contribution is 6.21. The highest BCUT2D eigenvalue weighted by Crippen LogP contribution is 2.29. The Morgan fingerprint density at radius 2 is 1.88 bits per heavy atom. The zero-order chi connectivity index (χ0) is 17.7. The minimum absolute atomic E-state index is 0.00977. The van der Waals surface area contributed by atoms with Crippen LogP contribution in [0.5, 0.6) is 11.5 Å². The van der Waals surface area contributed by atoms with Crippen LogP contribution < -0.4 is 9.47 Å². The van der Waals surface area contributed by atoms with E-state index in [1.54, 1.807) is 25.3 Å². The number of carboxylic acid groups (broad SMARTS) is 1. The summed E-state index contributed by atoms with van der Waals surface area (Å²) in [6.07, 6.45) is 1.66. The summed E-state index contributed by atoms with van der Waals surface area (Å²) in [6, 6.07) is 12.8. The van der Waals surface area contributed by atoms with Crippen LogP contribution in [0.25, 0.3) is 11.6 Å². The van der Waals surface area contributed by atoms with E-state index in [0.717, 1.165) is 11.1 Å². The van der Waals surface area contributed by atoms with Gasteiger partial charge in [-0.3, -0.25) is 0 Å². The van der Waals surface area contributed by atoms with Gasteiger partial charge in [0.25, 0.3) is 0 Å². The molecule has 0 saturated heterocycles. The molecule has 2 aromatic rings. The van der Waals surface area contributed by atoms with Gasteiger partial charge in [-0.05, 0) is 56.2 Å². The second-order valence-corrected chi connectivity index (χ2v) is 5.75. The fourth-order valence-corrected chi connectivity index (χ4v) is 2.44. The zero-order valence-electron chi connectivity index (χ0n) is 14.4. The van der Waals surface area contributed by atoms with E-state index >= 15 is 0 Å². The van der Waals surface area contributed by atoms with Crippen molar-refractivity contribution in [3.8, 4) is 11.5 Å². The average molecular weight is 326 g/mol. The monoisotopic (exact) mass is 326 g/mol. The fraction of sp³-hybridized carbons (Fsp3) is 0.250. The Hall–Kier alpha value is -2.75. The molecule has 0 aliphatic heterocycles. The predicted molar refractivity (Wildman–Crippen MR) is 95.4 cm³/mol. The number of carbonyl (C=O) groups is 1. The zero-order valence-corrected chi connectivity index (χ0v) is 14.4. The number of benzene rings is 2. The molecular formula is C20H22O4. The number of hydrogen-bond donors (Lipinski definition) is 1. The summed E-state index contributed by atoms with van der Waals surface area (Å²) >= 11 is 0. The lowest BCUT2D eigenvalue weighted by molar-refractivity contribution is -0.130. The Labute approximate surface area is 142 Å². The summed E-state index contributed by atoms with van der Waals surface area (Å²) in [7, 11) is 1.59. The van der Waals surface area contributed by atoms with Gasteiger partial charge in [-0.25, -0.2) is 4.79 Å². The summed E-state index contributed by atoms with van der Waals surface area (Å²) in [6.45, 7) is 5.74. The molecule has 0 atom stereocenters. The average Bonchev–Trinajstić information content (AvgIpc) is 2.53. The maximum Gasteiger partial charge on any atom is 0.336 e. The van der Waals surface area contributed by atoms with Crippen molar-refractivity contribution in [1.29, 1.82) is 0 Å². The summed E-state index contributed by atoms with van der Waals surface area (Å²) in [5.41, 5.74) is 2.45. The van der Waals surface area contributed by atoms with Gasteiger partial charge in [0, 0.05) is 5.56 Å². The van der Waals surface area contributed by atoms with Crippen molar-refractivity contribution in [2.24, 2.45) is 0 Å². The van der Waals surface area contributed by atoms with Crippen molar-refractivity contribution in [2.45, 2.75) is 26.9 Å². The molecule has 0 radical (unpaired) electrons. The van der Waals surface area contributed by atoms with Gasteiger partial charge in [-0.1, -0.05) is 24.3 Å². The van der Waals surface area contributed by atoms with Gasteiger partial charge in [0.05, 0.1) is 18.8 Å². The molecule has 2 rings (SSSR count). The van der Waals surface area contributed by atoms with Crippen LogP contribution in [0.1, 0.15) is 30.5 Å². The van der Waals surface area contributed by atoms with Gasteiger partial charge in [0.15, 0.2) is 0 Å². The van der Waals surface area contributed by atoms with Gasteiger partial charge in [-0.2, -0.15) is 0 Å². The summed E-state index contributed by atoms with van der Waals surface area (Å²) in [5.74, 6) is 0.379. The second-order valence-electron chi connectivity index (χ2n) is 5.75. The molecule has 4 heteroatoms. The van der Waals surface area contributed by atoms with E-state index in [0.29, 0.717) is 17.1 Å². The van der Waals surface area contributed by atoms with E-state index in [-0.39, 0.29) is 11.7 Å². The van der Waals surface area contributed by atoms with E-state index in [2.05, 4.69) is 0 Å². The molecule has 1 N–H and O–H groups in total. The standard InChI is InChI=1S/C20H22O4/c1-13(2)24-19-8-6-5-7-15(19)12-18(20(21)22)17-10-9-16(23-4)11-14(17)3/h5-13H,1-4H3,(H,21,22)/b18-12-. The minimum atomic E-state index is -0.984. The molecule has 0 amide bonds. The molecule has 0 unspecified atom stereocenters. The Bertz CT molecular complexity index is 760. The van der Waals surface area contributed by atoms with Crippen LogP contribution in [-0.2, 0) is 4.79 Å². The maximum atomic E-state index is 11.8. The van der Waals surface area contributed by atoms with Crippen LogP contribution in [-0.4, -0.2) is 24.3 Å². The quantitative estimate of drug-likeness (QED) is 0.631. The van der Waals surface area contributed by atoms with Crippen LogP contribution in [0.4, 0.5) is 0 Å². The van der Waals surface area contributed by atoms with Crippen LogP contribution in [0.2, 0.25) is 0 Å². The highest BCUT2D eigenvalue weighted by atomic mass is 16.5. The normalized spacial score (nSPS) is 11.5. The highest BCUT2D eigenvalue weighted by Gasteiger charge is 2.15. The largest absolute Gasteiger partial charge is 0.497 e. The van der Waals surface area contributed by atoms with Crippen molar-refractivity contribution in [3.63, 3.8) is 0 Å². The van der Waals surface area contributed by atoms with Crippen LogP contribution in [0.3, 0.4) is 0 Å². The molecule has 0 aromatic heterocycles. The van der Waals surface area contributed by atoms with E-state index in [9.17, 15) is 9.90 Å². The number of rotatable bonds is 6. The van der Waals surface area contributed by atoms with Crippen molar-refractivity contribution < 1.29 is 19.4 Å². The van der Waals surface area contributed by atoms with E-state index in [4.69, 9.17) is 9.47 Å². The molecule has 0 aliphatic carbocycles. The Morgan fingerprint density at radius 1 is 1.17 bits per heavy atom. The molecule has 0 saturated carbocycles. The third-order valence-corrected chi connectivity index (χ3v) is 3.54. The molecule has 0 spiro atoms. The lowest BCUT2D eigenvalue weighted by atomic mass is 9.98. The van der Waals surface area contributed by atoms with Crippen LogP contribution >= 0.6 is 0 Å². The summed E-state index contributed by atoms with van der Waals surface area (Å²) in [5, 5.41) is 9.67. The second kappa shape index (κ2) is 7.68. The molecule has 126 valence electrons. The van der Waals surface area contributed by atoms with E-state index in [1.807, 2.05) is 51.1 Å². The van der Waals surface area contributed by atoms with Crippen molar-refractivity contribution in [2.75, 3.05) is 7.11 Å². The molecular weight excluding hydrogens is 304 g/mol. The number of aliphatic carboxylic acids is 1. The van der Waals surface area contributed by atoms with Gasteiger partial charge < -0.3 is 14.6 Å². The Morgan fingerprint density at radius 3 is 2.46 bits per heavy atom. The first-order valence-electron chi connectivity index (χ1n) is 7.78. The van der Waals surface area contributed by atoms with Gasteiger partial charge in [-0.15, -0.1) is 0 Å². The topological polar surface area (TPSA) is 55.8 Å². The Balaban J connectivity index is 2.53. The van der Waals surface area contributed by atoms with Crippen molar-refractivity contribution in [1.82, 2.24) is 0 Å². The van der Waals surface area contributed by atoms with Crippen LogP contribution in [0, 0.1) is 6.92 Å². The molecule has 0 aliphatic rings. The number of ether oxygens (including phenoxy) is 2. The Kier molecular flexibility index (Phi) is 5.64. The van der Waals surface area contributed by atoms with E-state index in [1.165, 1.54) is 0 Å². The first kappa shape index (κ1) is 17.6. The number of carboxylic acids is 1.